The summed E-state index contributed by atoms with van der Waals surface area (Å²) < 4.78 is 22.1. The zero-order valence-electron chi connectivity index (χ0n) is 26.7. The number of ether oxygens (including phenoxy) is 1. The molecule has 1 unspecified atom stereocenters. The van der Waals surface area contributed by atoms with Gasteiger partial charge in [0.15, 0.2) is 11.0 Å². The number of likely N-dealkylation sites (N-methyl/N-ethyl adjacent to an activating group) is 1. The van der Waals surface area contributed by atoms with Crippen LogP contribution in [0.25, 0.3) is 0 Å². The Kier molecular flexibility index (Phi) is 8.89. The van der Waals surface area contributed by atoms with Crippen molar-refractivity contribution in [2.24, 2.45) is 5.41 Å². The zero-order valence-corrected chi connectivity index (χ0v) is 28.2. The van der Waals surface area contributed by atoms with Crippen molar-refractivity contribution in [2.75, 3.05) is 25.0 Å². The molecule has 3 fully saturated rings. The summed E-state index contributed by atoms with van der Waals surface area (Å²) in [5.74, 6) is -2.43. The number of pyridine rings is 1. The van der Waals surface area contributed by atoms with Crippen LogP contribution in [0.15, 0.2) is 30.5 Å². The van der Waals surface area contributed by atoms with Gasteiger partial charge < -0.3 is 20.3 Å². The van der Waals surface area contributed by atoms with Crippen molar-refractivity contribution in [3.63, 3.8) is 0 Å². The molecule has 3 N–H and O–H groups in total. The van der Waals surface area contributed by atoms with Gasteiger partial charge in [0.25, 0.3) is 5.91 Å². The van der Waals surface area contributed by atoms with E-state index in [2.05, 4.69) is 34.8 Å². The van der Waals surface area contributed by atoms with Gasteiger partial charge in [-0.15, -0.1) is 0 Å². The molecule has 3 amide bonds. The Morgan fingerprint density at radius 1 is 1.11 bits per heavy atom. The molecule has 3 aliphatic heterocycles. The Morgan fingerprint density at radius 3 is 2.48 bits per heavy atom. The van der Waals surface area contributed by atoms with Gasteiger partial charge in [0.2, 0.25) is 11.8 Å². The SMILES string of the molecule is CCN(CC)C(=O)[C@@H]1CC[C@@H](NC(=O)[C@@H]2NC3(CCC(C)(C)CC3)[C@@]3(C(=O)Nc4cc(Cl)ccc43)C2c2ccnc(Cl)c2F)CO1. The van der Waals surface area contributed by atoms with Crippen molar-refractivity contribution in [3.8, 4) is 0 Å². The fourth-order valence-corrected chi connectivity index (χ4v) is 8.76. The molecule has 2 saturated heterocycles. The first kappa shape index (κ1) is 33.1. The number of nitrogens with one attached hydrogen (secondary N) is 3. The van der Waals surface area contributed by atoms with E-state index in [4.69, 9.17) is 27.9 Å². The number of nitrogens with zero attached hydrogens (tertiary/aromatic N) is 2. The summed E-state index contributed by atoms with van der Waals surface area (Å²) in [4.78, 5) is 47.6. The monoisotopic (exact) mass is 673 g/mol. The Balaban J connectivity index is 1.40. The number of carbonyl (C=O) groups is 3. The summed E-state index contributed by atoms with van der Waals surface area (Å²) in [6.07, 6.45) is 4.67. The third-order valence-electron chi connectivity index (χ3n) is 10.9. The fraction of sp³-hybridized carbons (Fsp3) is 0.588. The summed E-state index contributed by atoms with van der Waals surface area (Å²) in [5.41, 5.74) is -0.796. The molecule has 6 rings (SSSR count). The number of hydrogen-bond donors (Lipinski definition) is 3. The molecule has 1 aromatic carbocycles. The molecule has 248 valence electrons. The standard InChI is InChI=1S/C34H42Cl2FN5O4/c1-5-42(6-2)30(44)24-10-8-20(18-46-24)39-29(43)27-25(21-11-16-38-28(36)26(21)37)34(33(41-27)14-12-32(3,4)13-15-33)22-9-7-19(35)17-23(22)40-31(34)45/h7,9,11,16-17,20,24-25,27,41H,5-6,8,10,12-15,18H2,1-4H3,(H,39,43)(H,40,45)/t20-,24+,25?,27-,34-/m1/s1. The van der Waals surface area contributed by atoms with E-state index in [-0.39, 0.29) is 46.5 Å². The molecule has 46 heavy (non-hydrogen) atoms. The molecule has 12 heteroatoms. The van der Waals surface area contributed by atoms with Gasteiger partial charge in [-0.05, 0) is 87.1 Å². The maximum Gasteiger partial charge on any atom is 0.251 e. The van der Waals surface area contributed by atoms with Crippen LogP contribution in [0.5, 0.6) is 0 Å². The molecule has 4 heterocycles. The second-order valence-corrected chi connectivity index (χ2v) is 14.7. The van der Waals surface area contributed by atoms with Gasteiger partial charge in [0.05, 0.1) is 18.7 Å². The molecule has 9 nitrogen and oxygen atoms in total. The average Bonchev–Trinajstić information content (AvgIpc) is 3.49. The highest BCUT2D eigenvalue weighted by molar-refractivity contribution is 6.31. The van der Waals surface area contributed by atoms with Crippen LogP contribution in [-0.2, 0) is 24.5 Å². The second kappa shape index (κ2) is 12.3. The highest BCUT2D eigenvalue weighted by Gasteiger charge is 2.73. The van der Waals surface area contributed by atoms with Crippen LogP contribution in [0, 0.1) is 11.2 Å². The number of carbonyl (C=O) groups excluding carboxylic acids is 3. The number of fused-ring (bicyclic) bond motifs is 3. The smallest absolute Gasteiger partial charge is 0.251 e. The second-order valence-electron chi connectivity index (χ2n) is 13.9. The number of amides is 3. The summed E-state index contributed by atoms with van der Waals surface area (Å²) in [7, 11) is 0. The number of hydrogen-bond acceptors (Lipinski definition) is 6. The Labute approximate surface area is 279 Å². The molecule has 4 aliphatic rings. The number of benzene rings is 1. The molecule has 1 aliphatic carbocycles. The van der Waals surface area contributed by atoms with Crippen molar-refractivity contribution in [1.29, 1.82) is 0 Å². The van der Waals surface area contributed by atoms with E-state index in [1.807, 2.05) is 19.9 Å². The van der Waals surface area contributed by atoms with Crippen LogP contribution in [0.3, 0.4) is 0 Å². The predicted molar refractivity (Wildman–Crippen MR) is 174 cm³/mol. The van der Waals surface area contributed by atoms with E-state index in [1.165, 1.54) is 12.3 Å². The van der Waals surface area contributed by atoms with E-state index in [9.17, 15) is 14.4 Å². The molecule has 1 aromatic heterocycles. The number of rotatable bonds is 6. The van der Waals surface area contributed by atoms with Crippen LogP contribution < -0.4 is 16.0 Å². The number of aromatic nitrogens is 1. The lowest BCUT2D eigenvalue weighted by Gasteiger charge is -2.50. The van der Waals surface area contributed by atoms with Crippen LogP contribution in [0.4, 0.5) is 10.1 Å². The van der Waals surface area contributed by atoms with E-state index >= 15 is 4.39 Å². The summed E-state index contributed by atoms with van der Waals surface area (Å²) >= 11 is 12.6. The maximum atomic E-state index is 16.1. The minimum absolute atomic E-state index is 0.0334. The van der Waals surface area contributed by atoms with Gasteiger partial charge in [-0.1, -0.05) is 43.1 Å². The quantitative estimate of drug-likeness (QED) is 0.357. The molecule has 5 atom stereocenters. The topological polar surface area (TPSA) is 113 Å². The zero-order chi connectivity index (χ0) is 33.0. The average molecular weight is 675 g/mol. The Hall–Kier alpha value is -2.79. The largest absolute Gasteiger partial charge is 0.366 e. The molecule has 1 saturated carbocycles. The lowest BCUT2D eigenvalue weighted by Crippen LogP contribution is -2.61. The predicted octanol–water partition coefficient (Wildman–Crippen LogP) is 5.34. The van der Waals surface area contributed by atoms with Crippen molar-refractivity contribution < 1.29 is 23.5 Å². The van der Waals surface area contributed by atoms with Crippen molar-refractivity contribution in [1.82, 2.24) is 20.5 Å². The van der Waals surface area contributed by atoms with E-state index < -0.39 is 34.8 Å². The first-order valence-electron chi connectivity index (χ1n) is 16.3. The highest BCUT2D eigenvalue weighted by atomic mass is 35.5. The van der Waals surface area contributed by atoms with E-state index in [0.29, 0.717) is 55.0 Å². The first-order chi connectivity index (χ1) is 21.9. The molecule has 0 bridgehead atoms. The third kappa shape index (κ3) is 5.29. The van der Waals surface area contributed by atoms with Gasteiger partial charge in [0.1, 0.15) is 11.5 Å². The van der Waals surface area contributed by atoms with Gasteiger partial charge in [-0.25, -0.2) is 9.37 Å². The maximum absolute atomic E-state index is 16.1. The van der Waals surface area contributed by atoms with Gasteiger partial charge in [-0.3, -0.25) is 19.7 Å². The molecular weight excluding hydrogens is 632 g/mol. The van der Waals surface area contributed by atoms with E-state index in [0.717, 1.165) is 12.8 Å². The normalized spacial score (nSPS) is 29.4. The molecule has 2 spiro atoms. The van der Waals surface area contributed by atoms with Crippen molar-refractivity contribution >= 4 is 46.6 Å². The first-order valence-corrected chi connectivity index (χ1v) is 17.0. The molecular formula is C34H42Cl2FN5O4. The lowest BCUT2D eigenvalue weighted by molar-refractivity contribution is -0.147. The van der Waals surface area contributed by atoms with E-state index in [1.54, 1.807) is 17.0 Å². The Bertz CT molecular complexity index is 1530. The molecule has 0 radical (unpaired) electrons. The summed E-state index contributed by atoms with van der Waals surface area (Å²) in [6, 6.07) is 5.45. The van der Waals surface area contributed by atoms with Crippen LogP contribution in [-0.4, -0.2) is 71.0 Å². The van der Waals surface area contributed by atoms with Crippen LogP contribution in [0.2, 0.25) is 10.2 Å². The summed E-state index contributed by atoms with van der Waals surface area (Å²) in [6.45, 7) is 9.64. The van der Waals surface area contributed by atoms with Gasteiger partial charge in [0, 0.05) is 41.5 Å². The van der Waals surface area contributed by atoms with Crippen LogP contribution >= 0.6 is 23.2 Å². The minimum atomic E-state index is -1.35. The lowest BCUT2D eigenvalue weighted by atomic mass is 9.53. The Morgan fingerprint density at radius 2 is 1.83 bits per heavy atom. The van der Waals surface area contributed by atoms with Gasteiger partial charge in [-0.2, -0.15) is 0 Å². The summed E-state index contributed by atoms with van der Waals surface area (Å²) in [5, 5.41) is 9.98. The van der Waals surface area contributed by atoms with Crippen molar-refractivity contribution in [2.45, 2.75) is 101 Å². The number of halogens is 3. The van der Waals surface area contributed by atoms with Gasteiger partial charge >= 0.3 is 0 Å². The number of anilines is 1. The highest BCUT2D eigenvalue weighted by Crippen LogP contribution is 2.64. The minimum Gasteiger partial charge on any atom is -0.366 e. The van der Waals surface area contributed by atoms with Crippen molar-refractivity contribution in [3.05, 3.63) is 57.6 Å². The third-order valence-corrected chi connectivity index (χ3v) is 11.4. The molecule has 2 aromatic rings. The van der Waals surface area contributed by atoms with Crippen LogP contribution in [0.1, 0.15) is 83.3 Å². The fourth-order valence-electron chi connectivity index (χ4n) is 8.42.